The quantitative estimate of drug-likeness (QED) is 0.603. The predicted octanol–water partition coefficient (Wildman–Crippen LogP) is 3.83. The lowest BCUT2D eigenvalue weighted by molar-refractivity contribution is -0.116. The third-order valence-corrected chi connectivity index (χ3v) is 7.94. The van der Waals surface area contributed by atoms with Gasteiger partial charge in [-0.25, -0.2) is 13.4 Å². The van der Waals surface area contributed by atoms with Crippen LogP contribution in [0.5, 0.6) is 0 Å². The summed E-state index contributed by atoms with van der Waals surface area (Å²) in [4.78, 5) is 17.3. The SMILES string of the molecule is Cc1nc2ccc(NC(C)C(=O)Nc3ccc(S(=O)(=O)N4CCCC4)cc3)cc2s1. The first-order valence-electron chi connectivity index (χ1n) is 9.88. The van der Waals surface area contributed by atoms with Gasteiger partial charge in [-0.2, -0.15) is 4.31 Å². The average Bonchev–Trinajstić information content (AvgIpc) is 3.37. The number of nitrogens with one attached hydrogen (secondary N) is 2. The minimum Gasteiger partial charge on any atom is -0.374 e. The van der Waals surface area contributed by atoms with Crippen LogP contribution in [0.15, 0.2) is 47.4 Å². The van der Waals surface area contributed by atoms with E-state index in [1.165, 1.54) is 4.31 Å². The largest absolute Gasteiger partial charge is 0.374 e. The Labute approximate surface area is 180 Å². The molecule has 7 nitrogen and oxygen atoms in total. The van der Waals surface area contributed by atoms with Crippen molar-refractivity contribution in [2.75, 3.05) is 23.7 Å². The van der Waals surface area contributed by atoms with E-state index in [0.29, 0.717) is 18.8 Å². The zero-order chi connectivity index (χ0) is 21.3. The molecule has 0 radical (unpaired) electrons. The van der Waals surface area contributed by atoms with E-state index in [4.69, 9.17) is 0 Å². The summed E-state index contributed by atoms with van der Waals surface area (Å²) in [5.41, 5.74) is 2.35. The van der Waals surface area contributed by atoms with Crippen LogP contribution in [0.3, 0.4) is 0 Å². The van der Waals surface area contributed by atoms with E-state index in [1.807, 2.05) is 25.1 Å². The monoisotopic (exact) mass is 444 g/mol. The maximum atomic E-state index is 12.6. The number of aryl methyl sites for hydroxylation is 1. The second kappa shape index (κ2) is 8.33. The zero-order valence-corrected chi connectivity index (χ0v) is 18.5. The highest BCUT2D eigenvalue weighted by atomic mass is 32.2. The van der Waals surface area contributed by atoms with Gasteiger partial charge in [0.15, 0.2) is 0 Å². The van der Waals surface area contributed by atoms with Crippen molar-refractivity contribution in [2.24, 2.45) is 0 Å². The maximum absolute atomic E-state index is 12.6. The first-order valence-corrected chi connectivity index (χ1v) is 12.1. The van der Waals surface area contributed by atoms with Crippen molar-refractivity contribution in [3.63, 3.8) is 0 Å². The lowest BCUT2D eigenvalue weighted by Crippen LogP contribution is -2.32. The van der Waals surface area contributed by atoms with E-state index in [-0.39, 0.29) is 10.8 Å². The van der Waals surface area contributed by atoms with E-state index >= 15 is 0 Å². The van der Waals surface area contributed by atoms with Gasteiger partial charge in [0.05, 0.1) is 20.1 Å². The van der Waals surface area contributed by atoms with Crippen LogP contribution in [0.1, 0.15) is 24.8 Å². The summed E-state index contributed by atoms with van der Waals surface area (Å²) < 4.78 is 27.8. The number of amides is 1. The Kier molecular flexibility index (Phi) is 5.77. The molecule has 1 aliphatic heterocycles. The summed E-state index contributed by atoms with van der Waals surface area (Å²) in [5.74, 6) is -0.203. The van der Waals surface area contributed by atoms with Crippen molar-refractivity contribution in [1.29, 1.82) is 0 Å². The molecule has 30 heavy (non-hydrogen) atoms. The molecule has 2 N–H and O–H groups in total. The van der Waals surface area contributed by atoms with Crippen molar-refractivity contribution in [3.8, 4) is 0 Å². The molecule has 0 bridgehead atoms. The molecule has 1 saturated heterocycles. The molecule has 0 spiro atoms. The van der Waals surface area contributed by atoms with Crippen LogP contribution in [0.4, 0.5) is 11.4 Å². The molecule has 1 aliphatic rings. The minimum absolute atomic E-state index is 0.203. The molecular weight excluding hydrogens is 420 g/mol. The van der Waals surface area contributed by atoms with E-state index in [0.717, 1.165) is 33.8 Å². The number of rotatable bonds is 6. The summed E-state index contributed by atoms with van der Waals surface area (Å²) in [6.45, 7) is 4.88. The minimum atomic E-state index is -3.45. The van der Waals surface area contributed by atoms with Gasteiger partial charge in [0, 0.05) is 24.5 Å². The number of anilines is 2. The van der Waals surface area contributed by atoms with Gasteiger partial charge in [-0.3, -0.25) is 4.79 Å². The van der Waals surface area contributed by atoms with Crippen molar-refractivity contribution in [3.05, 3.63) is 47.5 Å². The second-order valence-electron chi connectivity index (χ2n) is 7.41. The fraction of sp³-hybridized carbons (Fsp3) is 0.333. The summed E-state index contributed by atoms with van der Waals surface area (Å²) in [6, 6.07) is 11.7. The molecule has 158 valence electrons. The summed E-state index contributed by atoms with van der Waals surface area (Å²) >= 11 is 1.61. The molecule has 0 aliphatic carbocycles. The van der Waals surface area contributed by atoms with Crippen molar-refractivity contribution in [2.45, 2.75) is 37.6 Å². The van der Waals surface area contributed by atoms with Gasteiger partial charge < -0.3 is 10.6 Å². The molecule has 1 amide bonds. The number of hydrogen-bond acceptors (Lipinski definition) is 6. The second-order valence-corrected chi connectivity index (χ2v) is 10.6. The van der Waals surface area contributed by atoms with Gasteiger partial charge in [0.2, 0.25) is 15.9 Å². The molecule has 1 unspecified atom stereocenters. The number of hydrogen-bond donors (Lipinski definition) is 2. The molecule has 0 saturated carbocycles. The van der Waals surface area contributed by atoms with Gasteiger partial charge in [-0.1, -0.05) is 0 Å². The van der Waals surface area contributed by atoms with Crippen molar-refractivity contribution in [1.82, 2.24) is 9.29 Å². The number of aromatic nitrogens is 1. The van der Waals surface area contributed by atoms with Crippen LogP contribution in [-0.4, -0.2) is 42.7 Å². The van der Waals surface area contributed by atoms with Crippen LogP contribution in [0.25, 0.3) is 10.2 Å². The van der Waals surface area contributed by atoms with Crippen molar-refractivity contribution < 1.29 is 13.2 Å². The average molecular weight is 445 g/mol. The normalized spacial score (nSPS) is 15.9. The Morgan fingerprint density at radius 2 is 1.77 bits per heavy atom. The van der Waals surface area contributed by atoms with Gasteiger partial charge in [-0.05, 0) is 69.2 Å². The van der Waals surface area contributed by atoms with E-state index in [2.05, 4.69) is 15.6 Å². The summed E-state index contributed by atoms with van der Waals surface area (Å²) in [5, 5.41) is 7.04. The Balaban J connectivity index is 1.40. The van der Waals surface area contributed by atoms with E-state index in [1.54, 1.807) is 42.5 Å². The highest BCUT2D eigenvalue weighted by Gasteiger charge is 2.27. The lowest BCUT2D eigenvalue weighted by Gasteiger charge is -2.17. The Bertz CT molecular complexity index is 1170. The number of benzene rings is 2. The molecular formula is C21H24N4O3S2. The Morgan fingerprint density at radius 1 is 1.10 bits per heavy atom. The van der Waals surface area contributed by atoms with E-state index in [9.17, 15) is 13.2 Å². The van der Waals surface area contributed by atoms with Gasteiger partial charge in [0.25, 0.3) is 0 Å². The predicted molar refractivity (Wildman–Crippen MR) is 121 cm³/mol. The molecule has 1 atom stereocenters. The van der Waals surface area contributed by atoms with Crippen LogP contribution in [0.2, 0.25) is 0 Å². The van der Waals surface area contributed by atoms with Gasteiger partial charge in [-0.15, -0.1) is 11.3 Å². The third-order valence-electron chi connectivity index (χ3n) is 5.10. The highest BCUT2D eigenvalue weighted by molar-refractivity contribution is 7.89. The standard InChI is InChI=1S/C21H24N4O3S2/c1-14(22-17-7-10-19-20(13-17)29-15(2)23-19)21(26)24-16-5-8-18(9-6-16)30(27,28)25-11-3-4-12-25/h5-10,13-14,22H,3-4,11-12H2,1-2H3,(H,24,26). The smallest absolute Gasteiger partial charge is 0.246 e. The molecule has 3 aromatic rings. The van der Waals surface area contributed by atoms with Crippen LogP contribution in [0, 0.1) is 6.92 Å². The highest BCUT2D eigenvalue weighted by Crippen LogP contribution is 2.25. The van der Waals surface area contributed by atoms with E-state index < -0.39 is 16.1 Å². The fourth-order valence-corrected chi connectivity index (χ4v) is 5.87. The van der Waals surface area contributed by atoms with Crippen LogP contribution >= 0.6 is 11.3 Å². The fourth-order valence-electron chi connectivity index (χ4n) is 3.48. The summed E-state index contributed by atoms with van der Waals surface area (Å²) in [6.07, 6.45) is 1.79. The van der Waals surface area contributed by atoms with Gasteiger partial charge >= 0.3 is 0 Å². The first-order chi connectivity index (χ1) is 14.3. The number of carbonyl (C=O) groups excluding carboxylic acids is 1. The third kappa shape index (κ3) is 4.33. The molecule has 1 fully saturated rings. The number of sulfonamides is 1. The lowest BCUT2D eigenvalue weighted by atomic mass is 10.2. The van der Waals surface area contributed by atoms with Crippen LogP contribution < -0.4 is 10.6 Å². The topological polar surface area (TPSA) is 91.4 Å². The molecule has 2 aromatic carbocycles. The van der Waals surface area contributed by atoms with Crippen molar-refractivity contribution >= 4 is 48.9 Å². The Hall–Kier alpha value is -2.49. The molecule has 1 aromatic heterocycles. The van der Waals surface area contributed by atoms with Gasteiger partial charge in [0.1, 0.15) is 6.04 Å². The molecule has 2 heterocycles. The Morgan fingerprint density at radius 3 is 2.47 bits per heavy atom. The first kappa shape index (κ1) is 20.8. The summed E-state index contributed by atoms with van der Waals surface area (Å²) in [7, 11) is -3.45. The number of carbonyl (C=O) groups is 1. The molecule has 4 rings (SSSR count). The van der Waals surface area contributed by atoms with Crippen LogP contribution in [-0.2, 0) is 14.8 Å². The number of thiazole rings is 1. The maximum Gasteiger partial charge on any atom is 0.246 e. The molecule has 9 heteroatoms. The number of nitrogens with zero attached hydrogens (tertiary/aromatic N) is 2. The zero-order valence-electron chi connectivity index (χ0n) is 16.9. The number of fused-ring (bicyclic) bond motifs is 1.